The molecule has 0 atom stereocenters. The molecule has 0 bridgehead atoms. The van der Waals surface area contributed by atoms with Crippen LogP contribution in [0.15, 0.2) is 30.5 Å². The highest BCUT2D eigenvalue weighted by Crippen LogP contribution is 2.29. The lowest BCUT2D eigenvalue weighted by atomic mass is 10.0. The van der Waals surface area contributed by atoms with Crippen LogP contribution in [0.5, 0.6) is 0 Å². The number of nitrogens with zero attached hydrogens (tertiary/aromatic N) is 3. The van der Waals surface area contributed by atoms with Gasteiger partial charge >= 0.3 is 0 Å². The summed E-state index contributed by atoms with van der Waals surface area (Å²) in [6.07, 6.45) is 3.12. The van der Waals surface area contributed by atoms with Crippen molar-refractivity contribution >= 4 is 5.91 Å². The quantitative estimate of drug-likeness (QED) is 0.819. The first kappa shape index (κ1) is 18.4. The van der Waals surface area contributed by atoms with E-state index in [0.717, 1.165) is 29.7 Å². The molecule has 0 N–H and O–H groups in total. The van der Waals surface area contributed by atoms with Crippen molar-refractivity contribution in [1.29, 1.82) is 0 Å². The summed E-state index contributed by atoms with van der Waals surface area (Å²) in [5.41, 5.74) is 3.23. The van der Waals surface area contributed by atoms with Crippen LogP contribution in [0, 0.1) is 6.92 Å². The number of hydrogen-bond acceptors (Lipinski definition) is 3. The Morgan fingerprint density at radius 2 is 2.00 bits per heavy atom. The van der Waals surface area contributed by atoms with E-state index in [9.17, 15) is 13.6 Å². The van der Waals surface area contributed by atoms with Crippen molar-refractivity contribution in [2.24, 2.45) is 0 Å². The molecule has 0 aliphatic carbocycles. The van der Waals surface area contributed by atoms with Crippen molar-refractivity contribution in [2.45, 2.75) is 45.5 Å². The molecule has 0 saturated carbocycles. The van der Waals surface area contributed by atoms with Gasteiger partial charge in [0.05, 0.1) is 5.69 Å². The molecule has 3 rings (SSSR count). The third-order valence-electron chi connectivity index (χ3n) is 4.67. The molecule has 2 aromatic rings. The molecule has 26 heavy (non-hydrogen) atoms. The Kier molecular flexibility index (Phi) is 5.30. The van der Waals surface area contributed by atoms with Crippen LogP contribution in [0.4, 0.5) is 8.78 Å². The average Bonchev–Trinajstić information content (AvgIpc) is 2.63. The summed E-state index contributed by atoms with van der Waals surface area (Å²) in [7, 11) is 0. The number of hydrogen-bond donors (Lipinski definition) is 0. The molecular formula is C20H23F2N3O. The highest BCUT2D eigenvalue weighted by atomic mass is 19.3. The van der Waals surface area contributed by atoms with Crippen molar-refractivity contribution in [3.8, 4) is 11.3 Å². The first-order chi connectivity index (χ1) is 12.4. The van der Waals surface area contributed by atoms with Gasteiger partial charge in [-0.1, -0.05) is 25.5 Å². The molecule has 1 aromatic heterocycles. The second kappa shape index (κ2) is 7.48. The lowest BCUT2D eigenvalue weighted by Crippen LogP contribution is -2.42. The van der Waals surface area contributed by atoms with Crippen LogP contribution >= 0.6 is 0 Å². The monoisotopic (exact) mass is 359 g/mol. The predicted octanol–water partition coefficient (Wildman–Crippen LogP) is 4.28. The molecule has 0 radical (unpaired) electrons. The molecule has 4 nitrogen and oxygen atoms in total. The summed E-state index contributed by atoms with van der Waals surface area (Å²) in [4.78, 5) is 23.1. The molecule has 0 spiro atoms. The van der Waals surface area contributed by atoms with Crippen molar-refractivity contribution < 1.29 is 13.6 Å². The van der Waals surface area contributed by atoms with Crippen LogP contribution < -0.4 is 0 Å². The molecule has 1 aromatic carbocycles. The highest BCUT2D eigenvalue weighted by molar-refractivity contribution is 5.95. The van der Waals surface area contributed by atoms with Gasteiger partial charge in [-0.2, -0.15) is 0 Å². The first-order valence-corrected chi connectivity index (χ1v) is 8.99. The van der Waals surface area contributed by atoms with Gasteiger partial charge in [-0.25, -0.2) is 18.7 Å². The summed E-state index contributed by atoms with van der Waals surface area (Å²) < 4.78 is 26.7. The lowest BCUT2D eigenvalue weighted by Gasteiger charge is -2.31. The van der Waals surface area contributed by atoms with E-state index >= 15 is 0 Å². The standard InChI is InChI=1S/C20H23F2N3O/c1-3-5-17-13-23-14(2)24-18(17)15-6-4-7-16(12-15)19(26)25-10-8-20(21,22)9-11-25/h4,6-7,12-13H,3,5,8-11H2,1-2H3. The van der Waals surface area contributed by atoms with Crippen LogP contribution in [0.2, 0.25) is 0 Å². The maximum atomic E-state index is 13.3. The van der Waals surface area contributed by atoms with Crippen molar-refractivity contribution in [1.82, 2.24) is 14.9 Å². The molecule has 1 saturated heterocycles. The minimum absolute atomic E-state index is 0.0871. The van der Waals surface area contributed by atoms with Crippen LogP contribution in [-0.4, -0.2) is 39.8 Å². The Labute approximate surface area is 152 Å². The minimum atomic E-state index is -2.66. The second-order valence-corrected chi connectivity index (χ2v) is 6.77. The molecule has 138 valence electrons. The van der Waals surface area contributed by atoms with Gasteiger partial charge in [0.1, 0.15) is 5.82 Å². The first-order valence-electron chi connectivity index (χ1n) is 8.99. The van der Waals surface area contributed by atoms with Gasteiger partial charge < -0.3 is 4.90 Å². The number of amides is 1. The van der Waals surface area contributed by atoms with E-state index < -0.39 is 5.92 Å². The van der Waals surface area contributed by atoms with Crippen LogP contribution in [0.3, 0.4) is 0 Å². The molecule has 2 heterocycles. The Morgan fingerprint density at radius 3 is 2.69 bits per heavy atom. The topological polar surface area (TPSA) is 46.1 Å². The van der Waals surface area contributed by atoms with Gasteiger partial charge in [-0.05, 0) is 31.0 Å². The van der Waals surface area contributed by atoms with E-state index in [1.54, 1.807) is 12.1 Å². The third-order valence-corrected chi connectivity index (χ3v) is 4.67. The Morgan fingerprint density at radius 1 is 1.27 bits per heavy atom. The Bertz CT molecular complexity index is 797. The van der Waals surface area contributed by atoms with E-state index in [1.165, 1.54) is 4.90 Å². The number of rotatable bonds is 4. The third kappa shape index (κ3) is 4.06. The summed E-state index contributed by atoms with van der Waals surface area (Å²) in [5, 5.41) is 0. The summed E-state index contributed by atoms with van der Waals surface area (Å²) >= 11 is 0. The van der Waals surface area contributed by atoms with Gasteiger partial charge in [0.15, 0.2) is 0 Å². The zero-order valence-electron chi connectivity index (χ0n) is 15.1. The minimum Gasteiger partial charge on any atom is -0.338 e. The van der Waals surface area contributed by atoms with Crippen LogP contribution in [0.25, 0.3) is 11.3 Å². The molecular weight excluding hydrogens is 336 g/mol. The molecule has 1 fully saturated rings. The van der Waals surface area contributed by atoms with E-state index in [2.05, 4.69) is 16.9 Å². The Hall–Kier alpha value is -2.37. The Balaban J connectivity index is 1.87. The summed E-state index contributed by atoms with van der Waals surface area (Å²) in [5.74, 6) is -2.19. The van der Waals surface area contributed by atoms with Gasteiger partial charge in [-0.3, -0.25) is 4.79 Å². The average molecular weight is 359 g/mol. The van der Waals surface area contributed by atoms with Crippen LogP contribution in [0.1, 0.15) is 47.9 Å². The van der Waals surface area contributed by atoms with Gasteiger partial charge in [-0.15, -0.1) is 0 Å². The predicted molar refractivity (Wildman–Crippen MR) is 96.3 cm³/mol. The van der Waals surface area contributed by atoms with Crippen molar-refractivity contribution in [3.05, 3.63) is 47.4 Å². The smallest absolute Gasteiger partial charge is 0.253 e. The summed E-state index contributed by atoms with van der Waals surface area (Å²) in [6, 6.07) is 7.26. The van der Waals surface area contributed by atoms with Gasteiger partial charge in [0.2, 0.25) is 0 Å². The number of likely N-dealkylation sites (tertiary alicyclic amines) is 1. The number of alkyl halides is 2. The molecule has 0 unspecified atom stereocenters. The largest absolute Gasteiger partial charge is 0.338 e. The number of carbonyl (C=O) groups excluding carboxylic acids is 1. The number of aryl methyl sites for hydroxylation is 2. The molecule has 1 amide bonds. The van der Waals surface area contributed by atoms with E-state index in [0.29, 0.717) is 11.4 Å². The lowest BCUT2D eigenvalue weighted by molar-refractivity contribution is -0.0494. The normalized spacial score (nSPS) is 16.5. The van der Waals surface area contributed by atoms with Gasteiger partial charge in [0, 0.05) is 43.3 Å². The van der Waals surface area contributed by atoms with Crippen molar-refractivity contribution in [3.63, 3.8) is 0 Å². The van der Waals surface area contributed by atoms with E-state index in [4.69, 9.17) is 0 Å². The summed E-state index contributed by atoms with van der Waals surface area (Å²) in [6.45, 7) is 4.10. The number of benzene rings is 1. The number of piperidine rings is 1. The fourth-order valence-electron chi connectivity index (χ4n) is 3.22. The van der Waals surface area contributed by atoms with Crippen LogP contribution in [-0.2, 0) is 6.42 Å². The number of halogens is 2. The molecule has 6 heteroatoms. The number of aromatic nitrogens is 2. The number of carbonyl (C=O) groups is 1. The van der Waals surface area contributed by atoms with Gasteiger partial charge in [0.25, 0.3) is 11.8 Å². The molecule has 1 aliphatic rings. The van der Waals surface area contributed by atoms with Crippen molar-refractivity contribution in [2.75, 3.05) is 13.1 Å². The molecule has 1 aliphatic heterocycles. The fourth-order valence-corrected chi connectivity index (χ4v) is 3.22. The van der Waals surface area contributed by atoms with E-state index in [-0.39, 0.29) is 31.8 Å². The highest BCUT2D eigenvalue weighted by Gasteiger charge is 2.35. The maximum absolute atomic E-state index is 13.3. The fraction of sp³-hybridized carbons (Fsp3) is 0.450. The SMILES string of the molecule is CCCc1cnc(C)nc1-c1cccc(C(=O)N2CCC(F)(F)CC2)c1. The zero-order valence-corrected chi connectivity index (χ0v) is 15.1. The zero-order chi connectivity index (χ0) is 18.7. The second-order valence-electron chi connectivity index (χ2n) is 6.77. The maximum Gasteiger partial charge on any atom is 0.253 e. The van der Waals surface area contributed by atoms with E-state index in [1.807, 2.05) is 25.3 Å².